The van der Waals surface area contributed by atoms with Crippen LogP contribution in [0.3, 0.4) is 0 Å². The highest BCUT2D eigenvalue weighted by atomic mass is 35.5. The van der Waals surface area contributed by atoms with Crippen LogP contribution in [-0.4, -0.2) is 26.7 Å². The third-order valence-corrected chi connectivity index (χ3v) is 6.82. The molecule has 0 saturated heterocycles. The average Bonchev–Trinajstić information content (AvgIpc) is 2.85. The van der Waals surface area contributed by atoms with E-state index < -0.39 is 0 Å². The van der Waals surface area contributed by atoms with E-state index in [4.69, 9.17) is 11.6 Å². The van der Waals surface area contributed by atoms with Gasteiger partial charge in [-0.3, -0.25) is 14.6 Å². The maximum atomic E-state index is 12.6. The van der Waals surface area contributed by atoms with Crippen LogP contribution in [0, 0.1) is 0 Å². The van der Waals surface area contributed by atoms with Gasteiger partial charge >= 0.3 is 0 Å². The third kappa shape index (κ3) is 8.95. The number of halogens is 1. The van der Waals surface area contributed by atoms with Crippen LogP contribution in [0.5, 0.6) is 0 Å². The van der Waals surface area contributed by atoms with Crippen LogP contribution < -0.4 is 10.9 Å². The zero-order valence-electron chi connectivity index (χ0n) is 19.3. The number of unbranched alkanes of at least 4 members (excludes halogenated alkanes) is 5. The average molecular weight is 499 g/mol. The lowest BCUT2D eigenvalue weighted by molar-refractivity contribution is -0.110. The number of hydrogen-bond donors (Lipinski definition) is 1. The predicted octanol–water partition coefficient (Wildman–Crippen LogP) is 5.26. The lowest BCUT2D eigenvalue weighted by atomic mass is 10.1. The van der Waals surface area contributed by atoms with E-state index in [0.29, 0.717) is 23.6 Å². The molecule has 8 heteroatoms. The van der Waals surface area contributed by atoms with E-state index in [1.165, 1.54) is 31.2 Å². The molecule has 3 rings (SSSR count). The minimum atomic E-state index is -0.227. The van der Waals surface area contributed by atoms with Crippen LogP contribution in [0.15, 0.2) is 64.9 Å². The number of benzene rings is 1. The summed E-state index contributed by atoms with van der Waals surface area (Å²) < 4.78 is 1.84. The van der Waals surface area contributed by atoms with Crippen LogP contribution in [0.1, 0.15) is 55.2 Å². The molecule has 0 radical (unpaired) electrons. The van der Waals surface area contributed by atoms with E-state index in [2.05, 4.69) is 27.4 Å². The van der Waals surface area contributed by atoms with Crippen molar-refractivity contribution in [1.29, 1.82) is 0 Å². The first-order chi connectivity index (χ1) is 16.7. The summed E-state index contributed by atoms with van der Waals surface area (Å²) in [5.41, 5.74) is 2.65. The molecule has 0 atom stereocenters. The zero-order chi connectivity index (χ0) is 24.0. The first kappa shape index (κ1) is 26.0. The number of aryl methyl sites for hydroxylation is 1. The lowest BCUT2D eigenvalue weighted by Crippen LogP contribution is -2.24. The van der Waals surface area contributed by atoms with Crippen molar-refractivity contribution in [3.63, 3.8) is 0 Å². The summed E-state index contributed by atoms with van der Waals surface area (Å²) in [7, 11) is 0. The van der Waals surface area contributed by atoms with Gasteiger partial charge in [0.25, 0.3) is 5.56 Å². The summed E-state index contributed by atoms with van der Waals surface area (Å²) in [5, 5.41) is 4.09. The Kier molecular flexibility index (Phi) is 11.1. The van der Waals surface area contributed by atoms with Gasteiger partial charge in [-0.15, -0.1) is 0 Å². The Labute approximate surface area is 210 Å². The van der Waals surface area contributed by atoms with Crippen molar-refractivity contribution in [3.05, 3.63) is 87.1 Å². The van der Waals surface area contributed by atoms with Gasteiger partial charge in [-0.05, 0) is 48.6 Å². The van der Waals surface area contributed by atoms with Crippen LogP contribution in [-0.2, 0) is 24.3 Å². The molecule has 1 amide bonds. The SMILES string of the molecule is O=CNCn1cc(Cc2cccnc2)c(=O)nc1SCCCCCCCCc1ccc(Cl)cc1. The third-order valence-electron chi connectivity index (χ3n) is 5.50. The molecule has 34 heavy (non-hydrogen) atoms. The molecule has 2 heterocycles. The van der Waals surface area contributed by atoms with Crippen molar-refractivity contribution >= 4 is 29.8 Å². The first-order valence-corrected chi connectivity index (χ1v) is 13.1. The molecular formula is C26H31ClN4O2S. The van der Waals surface area contributed by atoms with E-state index in [0.717, 1.165) is 35.6 Å². The fourth-order valence-corrected chi connectivity index (χ4v) is 4.77. The summed E-state index contributed by atoms with van der Waals surface area (Å²) in [6.45, 7) is 0.284. The van der Waals surface area contributed by atoms with Gasteiger partial charge in [-0.25, -0.2) is 0 Å². The normalized spacial score (nSPS) is 10.9. The molecule has 0 bridgehead atoms. The number of nitrogens with zero attached hydrogens (tertiary/aromatic N) is 3. The number of aromatic nitrogens is 3. The fraction of sp³-hybridized carbons (Fsp3) is 0.385. The van der Waals surface area contributed by atoms with E-state index >= 15 is 0 Å². The van der Waals surface area contributed by atoms with E-state index in [9.17, 15) is 9.59 Å². The summed E-state index contributed by atoms with van der Waals surface area (Å²) in [4.78, 5) is 31.8. The number of amides is 1. The zero-order valence-corrected chi connectivity index (χ0v) is 20.9. The van der Waals surface area contributed by atoms with E-state index in [1.54, 1.807) is 30.4 Å². The van der Waals surface area contributed by atoms with Crippen LogP contribution >= 0.6 is 23.4 Å². The number of nitrogens with one attached hydrogen (secondary N) is 1. The molecule has 0 aliphatic heterocycles. The predicted molar refractivity (Wildman–Crippen MR) is 138 cm³/mol. The highest BCUT2D eigenvalue weighted by Crippen LogP contribution is 2.19. The van der Waals surface area contributed by atoms with Gasteiger partial charge in [0.15, 0.2) is 5.16 Å². The molecule has 6 nitrogen and oxygen atoms in total. The van der Waals surface area contributed by atoms with Gasteiger partial charge in [0.05, 0.1) is 6.67 Å². The largest absolute Gasteiger partial charge is 0.341 e. The monoisotopic (exact) mass is 498 g/mol. The van der Waals surface area contributed by atoms with Crippen LogP contribution in [0.25, 0.3) is 0 Å². The Morgan fingerprint density at radius 3 is 2.50 bits per heavy atom. The number of thioether (sulfide) groups is 1. The maximum absolute atomic E-state index is 12.6. The van der Waals surface area contributed by atoms with Crippen molar-refractivity contribution in [2.45, 2.75) is 63.2 Å². The second kappa shape index (κ2) is 14.6. The molecule has 2 aromatic heterocycles. The van der Waals surface area contributed by atoms with Crippen molar-refractivity contribution in [2.24, 2.45) is 0 Å². The number of hydrogen-bond acceptors (Lipinski definition) is 5. The highest BCUT2D eigenvalue weighted by Gasteiger charge is 2.10. The molecule has 0 saturated carbocycles. The van der Waals surface area contributed by atoms with Crippen molar-refractivity contribution in [3.8, 4) is 0 Å². The van der Waals surface area contributed by atoms with Gasteiger partial charge in [-0.2, -0.15) is 4.98 Å². The second-order valence-corrected chi connectivity index (χ2v) is 9.69. The molecule has 0 aliphatic rings. The minimum Gasteiger partial charge on any atom is -0.341 e. The Morgan fingerprint density at radius 2 is 1.76 bits per heavy atom. The smallest absolute Gasteiger partial charge is 0.277 e. The molecule has 0 unspecified atom stereocenters. The van der Waals surface area contributed by atoms with Gasteiger partial charge in [0, 0.05) is 41.4 Å². The topological polar surface area (TPSA) is 76.9 Å². The Balaban J connectivity index is 1.40. The Hall–Kier alpha value is -2.64. The van der Waals surface area contributed by atoms with Gasteiger partial charge in [0.1, 0.15) is 0 Å². The molecule has 3 aromatic rings. The highest BCUT2D eigenvalue weighted by molar-refractivity contribution is 7.99. The summed E-state index contributed by atoms with van der Waals surface area (Å²) >= 11 is 7.49. The second-order valence-electron chi connectivity index (χ2n) is 8.19. The van der Waals surface area contributed by atoms with Crippen LogP contribution in [0.4, 0.5) is 0 Å². The number of carbonyl (C=O) groups is 1. The van der Waals surface area contributed by atoms with Gasteiger partial charge in [-0.1, -0.05) is 67.2 Å². The number of pyridine rings is 1. The van der Waals surface area contributed by atoms with Crippen molar-refractivity contribution in [1.82, 2.24) is 19.9 Å². The molecule has 0 fully saturated rings. The maximum Gasteiger partial charge on any atom is 0.277 e. The fourth-order valence-electron chi connectivity index (χ4n) is 3.68. The van der Waals surface area contributed by atoms with Gasteiger partial charge < -0.3 is 9.88 Å². The van der Waals surface area contributed by atoms with Crippen molar-refractivity contribution < 1.29 is 4.79 Å². The Bertz CT molecular complexity index is 1070. The quantitative estimate of drug-likeness (QED) is 0.134. The van der Waals surface area contributed by atoms with Crippen molar-refractivity contribution in [2.75, 3.05) is 5.75 Å². The molecule has 0 aliphatic carbocycles. The molecule has 1 aromatic carbocycles. The summed E-state index contributed by atoms with van der Waals surface area (Å²) in [5.74, 6) is 0.889. The summed E-state index contributed by atoms with van der Waals surface area (Å²) in [6, 6.07) is 11.9. The minimum absolute atomic E-state index is 0.227. The standard InChI is InChI=1S/C26H31ClN4O2S/c27-24-12-10-21(11-13-24)8-5-3-1-2-4-6-15-34-26-30-25(33)23(18-31(26)19-29-20-32)16-22-9-7-14-28-17-22/h7,9-14,17-18,20H,1-6,8,15-16,19H2,(H,29,32). The Morgan fingerprint density at radius 1 is 1.00 bits per heavy atom. The number of carbonyl (C=O) groups excluding carboxylic acids is 1. The molecule has 0 spiro atoms. The summed E-state index contributed by atoms with van der Waals surface area (Å²) in [6.07, 6.45) is 14.5. The van der Waals surface area contributed by atoms with E-state index in [-0.39, 0.29) is 12.2 Å². The molecule has 180 valence electrons. The van der Waals surface area contributed by atoms with Gasteiger partial charge in [0.2, 0.25) is 6.41 Å². The molecule has 1 N–H and O–H groups in total. The molecular weight excluding hydrogens is 468 g/mol. The van der Waals surface area contributed by atoms with Crippen LogP contribution in [0.2, 0.25) is 5.02 Å². The van der Waals surface area contributed by atoms with E-state index in [1.807, 2.05) is 28.8 Å². The number of rotatable bonds is 15. The first-order valence-electron chi connectivity index (χ1n) is 11.7. The lowest BCUT2D eigenvalue weighted by Gasteiger charge is -2.13.